The third-order valence-electron chi connectivity index (χ3n) is 4.01. The van der Waals surface area contributed by atoms with E-state index in [9.17, 15) is 4.79 Å². The number of hydrazone groups is 1. The van der Waals surface area contributed by atoms with Crippen LogP contribution >= 0.6 is 11.8 Å². The van der Waals surface area contributed by atoms with Gasteiger partial charge in [-0.05, 0) is 48.4 Å². The maximum absolute atomic E-state index is 12.3. The van der Waals surface area contributed by atoms with Crippen LogP contribution in [0.25, 0.3) is 6.08 Å². The van der Waals surface area contributed by atoms with E-state index in [0.717, 1.165) is 23.4 Å². The van der Waals surface area contributed by atoms with E-state index in [1.807, 2.05) is 0 Å². The van der Waals surface area contributed by atoms with Crippen molar-refractivity contribution in [1.29, 1.82) is 5.41 Å². The average Bonchev–Trinajstić information content (AvgIpc) is 3.02. The smallest absolute Gasteiger partial charge is 0.282 e. The number of amidine groups is 2. The number of rotatable bonds is 7. The maximum atomic E-state index is 12.3. The molecule has 1 amide bonds. The number of unbranched alkanes of at least 4 members (excludes halogenated alkanes) is 4. The Morgan fingerprint density at radius 1 is 1.20 bits per heavy atom. The van der Waals surface area contributed by atoms with E-state index in [1.54, 1.807) is 30.6 Å². The molecule has 1 aromatic rings. The van der Waals surface area contributed by atoms with Crippen LogP contribution in [0.15, 0.2) is 40.2 Å². The van der Waals surface area contributed by atoms with Crippen LogP contribution in [0.2, 0.25) is 0 Å². The standard InChI is InChI=1S/C18H21N5OS/c1-2-3-4-5-6-7-15-22-23-16(19)14(17(24)21-18(23)25-15)12-13-8-10-20-11-9-13/h8-12,19H,2-7H2,1H3/b14-12-,19-16?. The molecule has 2 aliphatic heterocycles. The normalized spacial score (nSPS) is 18.4. The number of amides is 1. The lowest BCUT2D eigenvalue weighted by Gasteiger charge is -2.20. The fraction of sp³-hybridized carbons (Fsp3) is 0.389. The summed E-state index contributed by atoms with van der Waals surface area (Å²) in [6, 6.07) is 3.58. The second-order valence-corrected chi connectivity index (χ2v) is 7.00. The molecule has 0 bridgehead atoms. The zero-order chi connectivity index (χ0) is 17.6. The summed E-state index contributed by atoms with van der Waals surface area (Å²) in [4.78, 5) is 20.4. The van der Waals surface area contributed by atoms with Gasteiger partial charge in [0.05, 0.1) is 5.57 Å². The van der Waals surface area contributed by atoms with E-state index < -0.39 is 0 Å². The topological polar surface area (TPSA) is 81.8 Å². The van der Waals surface area contributed by atoms with E-state index in [0.29, 0.717) is 5.17 Å². The molecule has 0 aliphatic carbocycles. The van der Waals surface area contributed by atoms with Crippen LogP contribution in [0, 0.1) is 5.41 Å². The Balaban J connectivity index is 1.69. The number of aliphatic imine (C=N–C) groups is 1. The van der Waals surface area contributed by atoms with E-state index in [1.165, 1.54) is 42.5 Å². The first-order chi connectivity index (χ1) is 12.2. The number of aromatic nitrogens is 1. The van der Waals surface area contributed by atoms with Crippen molar-refractivity contribution < 1.29 is 4.79 Å². The highest BCUT2D eigenvalue weighted by molar-refractivity contribution is 8.26. The lowest BCUT2D eigenvalue weighted by atomic mass is 10.1. The number of carbonyl (C=O) groups is 1. The summed E-state index contributed by atoms with van der Waals surface area (Å²) in [5.74, 6) is -0.305. The van der Waals surface area contributed by atoms with Gasteiger partial charge in [-0.1, -0.05) is 32.6 Å². The summed E-state index contributed by atoms with van der Waals surface area (Å²) >= 11 is 1.40. The Bertz CT molecular complexity index is 754. The predicted octanol–water partition coefficient (Wildman–Crippen LogP) is 4.06. The number of carbonyl (C=O) groups excluding carboxylic acids is 1. The quantitative estimate of drug-likeness (QED) is 0.590. The molecule has 1 aromatic heterocycles. The van der Waals surface area contributed by atoms with E-state index in [4.69, 9.17) is 5.41 Å². The average molecular weight is 355 g/mol. The van der Waals surface area contributed by atoms with Crippen LogP contribution in [0.3, 0.4) is 0 Å². The lowest BCUT2D eigenvalue weighted by Crippen LogP contribution is -2.35. The van der Waals surface area contributed by atoms with Gasteiger partial charge in [0.25, 0.3) is 5.91 Å². The molecule has 6 nitrogen and oxygen atoms in total. The summed E-state index contributed by atoms with van der Waals surface area (Å²) < 4.78 is 0. The summed E-state index contributed by atoms with van der Waals surface area (Å²) in [6.07, 6.45) is 11.8. The van der Waals surface area contributed by atoms with Crippen molar-refractivity contribution in [3.8, 4) is 0 Å². The van der Waals surface area contributed by atoms with Crippen LogP contribution in [-0.2, 0) is 4.79 Å². The Labute approximate surface area is 151 Å². The van der Waals surface area contributed by atoms with Crippen molar-refractivity contribution in [1.82, 2.24) is 9.99 Å². The zero-order valence-corrected chi connectivity index (χ0v) is 15.1. The predicted molar refractivity (Wildman–Crippen MR) is 103 cm³/mol. The molecule has 0 spiro atoms. The SMILES string of the molecule is CCCCCCCC1=NN2C(=N)/C(=C/c3ccncc3)C(=O)N=C2S1. The molecular formula is C18H21N5OS. The van der Waals surface area contributed by atoms with Gasteiger partial charge < -0.3 is 0 Å². The lowest BCUT2D eigenvalue weighted by molar-refractivity contribution is -0.114. The van der Waals surface area contributed by atoms with Gasteiger partial charge in [-0.15, -0.1) is 0 Å². The summed E-state index contributed by atoms with van der Waals surface area (Å²) in [7, 11) is 0. The first kappa shape index (κ1) is 17.5. The molecule has 0 atom stereocenters. The van der Waals surface area contributed by atoms with Crippen molar-refractivity contribution >= 4 is 39.8 Å². The molecule has 1 N–H and O–H groups in total. The minimum Gasteiger partial charge on any atom is -0.282 e. The van der Waals surface area contributed by atoms with Crippen LogP contribution in [0.4, 0.5) is 0 Å². The number of fused-ring (bicyclic) bond motifs is 1. The second-order valence-electron chi connectivity index (χ2n) is 5.96. The van der Waals surface area contributed by atoms with Gasteiger partial charge >= 0.3 is 0 Å². The zero-order valence-electron chi connectivity index (χ0n) is 14.2. The summed E-state index contributed by atoms with van der Waals surface area (Å²) in [6.45, 7) is 2.20. The largest absolute Gasteiger partial charge is 0.283 e. The molecular weight excluding hydrogens is 334 g/mol. The van der Waals surface area contributed by atoms with Crippen LogP contribution in [0.5, 0.6) is 0 Å². The highest BCUT2D eigenvalue weighted by Crippen LogP contribution is 2.30. The van der Waals surface area contributed by atoms with Gasteiger partial charge in [0, 0.05) is 12.4 Å². The first-order valence-corrected chi connectivity index (χ1v) is 9.40. The Morgan fingerprint density at radius 2 is 1.96 bits per heavy atom. The fourth-order valence-corrected chi connectivity index (χ4v) is 3.57. The number of thioether (sulfide) groups is 1. The monoisotopic (exact) mass is 355 g/mol. The van der Waals surface area contributed by atoms with Crippen LogP contribution in [-0.4, -0.2) is 31.9 Å². The van der Waals surface area contributed by atoms with Gasteiger partial charge in [0.15, 0.2) is 5.84 Å². The highest BCUT2D eigenvalue weighted by Gasteiger charge is 2.35. The molecule has 0 aromatic carbocycles. The summed E-state index contributed by atoms with van der Waals surface area (Å²) in [5, 5.41) is 15.7. The summed E-state index contributed by atoms with van der Waals surface area (Å²) in [5.41, 5.74) is 1.07. The Kier molecular flexibility index (Phi) is 5.75. The van der Waals surface area contributed by atoms with E-state index in [2.05, 4.69) is 22.0 Å². The molecule has 7 heteroatoms. The molecule has 0 saturated heterocycles. The minimum absolute atomic E-state index is 0.0836. The Morgan fingerprint density at radius 3 is 2.72 bits per heavy atom. The third kappa shape index (κ3) is 4.22. The Hall–Kier alpha value is -2.28. The number of hydrogen-bond acceptors (Lipinski definition) is 5. The fourth-order valence-electron chi connectivity index (χ4n) is 2.64. The molecule has 25 heavy (non-hydrogen) atoms. The molecule has 130 valence electrons. The van der Waals surface area contributed by atoms with Gasteiger partial charge in [0.1, 0.15) is 5.04 Å². The second kappa shape index (κ2) is 8.20. The molecule has 0 radical (unpaired) electrons. The van der Waals surface area contributed by atoms with Gasteiger partial charge in [0.2, 0.25) is 5.17 Å². The highest BCUT2D eigenvalue weighted by atomic mass is 32.2. The van der Waals surface area contributed by atoms with Gasteiger partial charge in [-0.2, -0.15) is 15.1 Å². The van der Waals surface area contributed by atoms with Crippen LogP contribution in [0.1, 0.15) is 51.0 Å². The van der Waals surface area contributed by atoms with Crippen molar-refractivity contribution in [3.05, 3.63) is 35.7 Å². The van der Waals surface area contributed by atoms with Crippen LogP contribution < -0.4 is 0 Å². The minimum atomic E-state index is -0.389. The molecule has 0 unspecified atom stereocenters. The molecule has 0 fully saturated rings. The molecule has 3 rings (SSSR count). The molecule has 2 aliphatic rings. The molecule has 3 heterocycles. The number of pyridine rings is 1. The molecule has 0 saturated carbocycles. The number of nitrogens with zero attached hydrogens (tertiary/aromatic N) is 4. The van der Waals surface area contributed by atoms with E-state index in [-0.39, 0.29) is 17.3 Å². The van der Waals surface area contributed by atoms with Gasteiger partial charge in [-0.3, -0.25) is 15.2 Å². The van der Waals surface area contributed by atoms with Crippen molar-refractivity contribution in [2.45, 2.75) is 45.4 Å². The van der Waals surface area contributed by atoms with Crippen molar-refractivity contribution in [2.75, 3.05) is 0 Å². The van der Waals surface area contributed by atoms with E-state index >= 15 is 0 Å². The first-order valence-electron chi connectivity index (χ1n) is 8.58. The number of nitrogens with one attached hydrogen (secondary N) is 1. The third-order valence-corrected chi connectivity index (χ3v) is 4.98. The van der Waals surface area contributed by atoms with Crippen molar-refractivity contribution in [3.63, 3.8) is 0 Å². The number of hydrogen-bond donors (Lipinski definition) is 1. The maximum Gasteiger partial charge on any atom is 0.283 e. The van der Waals surface area contributed by atoms with Crippen molar-refractivity contribution in [2.24, 2.45) is 10.1 Å². The van der Waals surface area contributed by atoms with Gasteiger partial charge in [-0.25, -0.2) is 0 Å².